The smallest absolute Gasteiger partial charge is 0.358 e. The molecule has 0 saturated heterocycles. The standard InChI is InChI=1S/C20H18N2O3S/c1-13-7-6-8-14(2)18(13)22-17(23)11-25-20(24)16-12-26-19(21-16)15-9-4-3-5-10-15/h3-10,12H,11H2,1-2H3,(H,22,23). The number of aromatic nitrogens is 1. The van der Waals surface area contributed by atoms with Crippen molar-refractivity contribution in [2.75, 3.05) is 11.9 Å². The van der Waals surface area contributed by atoms with E-state index in [4.69, 9.17) is 4.74 Å². The summed E-state index contributed by atoms with van der Waals surface area (Å²) in [5.41, 5.74) is 3.79. The lowest BCUT2D eigenvalue weighted by Crippen LogP contribution is -2.22. The third kappa shape index (κ3) is 4.15. The zero-order valence-corrected chi connectivity index (χ0v) is 15.3. The average Bonchev–Trinajstić information content (AvgIpc) is 3.14. The van der Waals surface area contributed by atoms with E-state index in [1.165, 1.54) is 11.3 Å². The summed E-state index contributed by atoms with van der Waals surface area (Å²) in [6.45, 7) is 3.47. The van der Waals surface area contributed by atoms with Crippen LogP contribution in [0.5, 0.6) is 0 Å². The minimum atomic E-state index is -0.611. The number of hydrogen-bond acceptors (Lipinski definition) is 5. The van der Waals surface area contributed by atoms with Gasteiger partial charge in [-0.2, -0.15) is 0 Å². The van der Waals surface area contributed by atoms with Gasteiger partial charge in [0.25, 0.3) is 5.91 Å². The summed E-state index contributed by atoms with van der Waals surface area (Å²) in [5, 5.41) is 5.15. The van der Waals surface area contributed by atoms with Crippen molar-refractivity contribution in [3.63, 3.8) is 0 Å². The lowest BCUT2D eigenvalue weighted by Gasteiger charge is -2.11. The van der Waals surface area contributed by atoms with Gasteiger partial charge in [-0.1, -0.05) is 48.5 Å². The van der Waals surface area contributed by atoms with Crippen LogP contribution in [-0.4, -0.2) is 23.5 Å². The lowest BCUT2D eigenvalue weighted by atomic mass is 10.1. The highest BCUT2D eigenvalue weighted by Crippen LogP contribution is 2.23. The van der Waals surface area contributed by atoms with Gasteiger partial charge < -0.3 is 10.1 Å². The van der Waals surface area contributed by atoms with Crippen molar-refractivity contribution in [3.8, 4) is 10.6 Å². The molecule has 1 amide bonds. The van der Waals surface area contributed by atoms with Gasteiger partial charge in [0.1, 0.15) is 5.01 Å². The van der Waals surface area contributed by atoms with Crippen LogP contribution in [0.3, 0.4) is 0 Å². The number of esters is 1. The van der Waals surface area contributed by atoms with Crippen molar-refractivity contribution in [2.45, 2.75) is 13.8 Å². The zero-order chi connectivity index (χ0) is 18.5. The monoisotopic (exact) mass is 366 g/mol. The van der Waals surface area contributed by atoms with Crippen molar-refractivity contribution in [1.29, 1.82) is 0 Å². The maximum absolute atomic E-state index is 12.1. The largest absolute Gasteiger partial charge is 0.451 e. The number of anilines is 1. The average molecular weight is 366 g/mol. The van der Waals surface area contributed by atoms with Gasteiger partial charge in [-0.15, -0.1) is 11.3 Å². The van der Waals surface area contributed by atoms with Crippen molar-refractivity contribution < 1.29 is 14.3 Å². The molecular formula is C20H18N2O3S. The molecular weight excluding hydrogens is 348 g/mol. The predicted octanol–water partition coefficient (Wildman–Crippen LogP) is 4.22. The molecule has 5 nitrogen and oxygen atoms in total. The Labute approximate surface area is 155 Å². The molecule has 0 aliphatic carbocycles. The summed E-state index contributed by atoms with van der Waals surface area (Å²) in [5.74, 6) is -0.991. The first-order chi connectivity index (χ1) is 12.5. The fourth-order valence-corrected chi connectivity index (χ4v) is 3.27. The molecule has 132 valence electrons. The van der Waals surface area contributed by atoms with E-state index in [2.05, 4.69) is 10.3 Å². The number of carbonyl (C=O) groups is 2. The van der Waals surface area contributed by atoms with Crippen LogP contribution in [0, 0.1) is 13.8 Å². The molecule has 1 aromatic heterocycles. The summed E-state index contributed by atoms with van der Waals surface area (Å²) in [7, 11) is 0. The number of para-hydroxylation sites is 1. The van der Waals surface area contributed by atoms with Crippen LogP contribution in [0.15, 0.2) is 53.9 Å². The van der Waals surface area contributed by atoms with Gasteiger partial charge in [-0.05, 0) is 25.0 Å². The lowest BCUT2D eigenvalue weighted by molar-refractivity contribution is -0.119. The van der Waals surface area contributed by atoms with E-state index in [1.54, 1.807) is 5.38 Å². The van der Waals surface area contributed by atoms with Crippen LogP contribution in [0.2, 0.25) is 0 Å². The van der Waals surface area contributed by atoms with Crippen molar-refractivity contribution in [1.82, 2.24) is 4.98 Å². The molecule has 0 aliphatic rings. The second kappa shape index (κ2) is 7.93. The Bertz CT molecular complexity index is 915. The molecule has 0 fully saturated rings. The number of nitrogens with zero attached hydrogens (tertiary/aromatic N) is 1. The first-order valence-corrected chi connectivity index (χ1v) is 8.96. The maximum atomic E-state index is 12.1. The van der Waals surface area contributed by atoms with E-state index in [9.17, 15) is 9.59 Å². The summed E-state index contributed by atoms with van der Waals surface area (Å²) in [6, 6.07) is 15.3. The Balaban J connectivity index is 1.59. The number of ether oxygens (including phenoxy) is 1. The number of benzene rings is 2. The molecule has 1 N–H and O–H groups in total. The number of carbonyl (C=O) groups excluding carboxylic acids is 2. The second-order valence-corrected chi connectivity index (χ2v) is 6.65. The van der Waals surface area contributed by atoms with E-state index < -0.39 is 5.97 Å². The summed E-state index contributed by atoms with van der Waals surface area (Å²) in [4.78, 5) is 28.5. The molecule has 6 heteroatoms. The Morgan fingerprint density at radius 2 is 1.73 bits per heavy atom. The van der Waals surface area contributed by atoms with E-state index in [-0.39, 0.29) is 18.2 Å². The number of thiazole rings is 1. The highest BCUT2D eigenvalue weighted by molar-refractivity contribution is 7.13. The van der Waals surface area contributed by atoms with Crippen molar-refractivity contribution in [3.05, 3.63) is 70.7 Å². The summed E-state index contributed by atoms with van der Waals surface area (Å²) < 4.78 is 5.08. The van der Waals surface area contributed by atoms with Gasteiger partial charge in [0, 0.05) is 16.6 Å². The molecule has 0 spiro atoms. The minimum absolute atomic E-state index is 0.203. The number of nitrogens with one attached hydrogen (secondary N) is 1. The van der Waals surface area contributed by atoms with E-state index in [0.29, 0.717) is 0 Å². The van der Waals surface area contributed by atoms with Crippen molar-refractivity contribution in [2.24, 2.45) is 0 Å². The fraction of sp³-hybridized carbons (Fsp3) is 0.150. The van der Waals surface area contributed by atoms with Crippen molar-refractivity contribution >= 4 is 28.9 Å². The quantitative estimate of drug-likeness (QED) is 0.687. The fourth-order valence-electron chi connectivity index (χ4n) is 2.47. The van der Waals surface area contributed by atoms with Crippen LogP contribution in [-0.2, 0) is 9.53 Å². The molecule has 0 bridgehead atoms. The molecule has 0 saturated carbocycles. The third-order valence-corrected chi connectivity index (χ3v) is 4.71. The normalized spacial score (nSPS) is 10.4. The molecule has 1 heterocycles. The van der Waals surface area contributed by atoms with Gasteiger partial charge in [-0.3, -0.25) is 4.79 Å². The molecule has 26 heavy (non-hydrogen) atoms. The number of hydrogen-bond donors (Lipinski definition) is 1. The van der Waals surface area contributed by atoms with E-state index >= 15 is 0 Å². The minimum Gasteiger partial charge on any atom is -0.451 e. The van der Waals surface area contributed by atoms with Crippen LogP contribution in [0.1, 0.15) is 21.6 Å². The first-order valence-electron chi connectivity index (χ1n) is 8.09. The van der Waals surface area contributed by atoms with Crippen LogP contribution >= 0.6 is 11.3 Å². The Morgan fingerprint density at radius 3 is 2.42 bits per heavy atom. The zero-order valence-electron chi connectivity index (χ0n) is 14.5. The van der Waals surface area contributed by atoms with Gasteiger partial charge in [0.05, 0.1) is 0 Å². The highest BCUT2D eigenvalue weighted by Gasteiger charge is 2.15. The summed E-state index contributed by atoms with van der Waals surface area (Å²) in [6.07, 6.45) is 0. The third-order valence-electron chi connectivity index (χ3n) is 3.81. The summed E-state index contributed by atoms with van der Waals surface area (Å²) >= 11 is 1.36. The van der Waals surface area contributed by atoms with Crippen LogP contribution < -0.4 is 5.32 Å². The topological polar surface area (TPSA) is 68.3 Å². The Hall–Kier alpha value is -2.99. The number of aryl methyl sites for hydroxylation is 2. The molecule has 0 unspecified atom stereocenters. The van der Waals surface area contributed by atoms with Gasteiger partial charge >= 0.3 is 5.97 Å². The SMILES string of the molecule is Cc1cccc(C)c1NC(=O)COC(=O)c1csc(-c2ccccc2)n1. The number of amides is 1. The first kappa shape index (κ1) is 17.8. The molecule has 3 rings (SSSR count). The number of rotatable bonds is 5. The molecule has 2 aromatic carbocycles. The highest BCUT2D eigenvalue weighted by atomic mass is 32.1. The Kier molecular flexibility index (Phi) is 5.43. The van der Waals surface area contributed by atoms with E-state index in [1.807, 2.05) is 62.4 Å². The van der Waals surface area contributed by atoms with E-state index in [0.717, 1.165) is 27.4 Å². The molecule has 0 aliphatic heterocycles. The van der Waals surface area contributed by atoms with Gasteiger partial charge in [0.2, 0.25) is 0 Å². The Morgan fingerprint density at radius 1 is 1.04 bits per heavy atom. The van der Waals surface area contributed by atoms with Gasteiger partial charge in [0.15, 0.2) is 12.3 Å². The van der Waals surface area contributed by atoms with Crippen LogP contribution in [0.4, 0.5) is 5.69 Å². The second-order valence-electron chi connectivity index (χ2n) is 5.80. The van der Waals surface area contributed by atoms with Gasteiger partial charge in [-0.25, -0.2) is 9.78 Å². The predicted molar refractivity (Wildman–Crippen MR) is 102 cm³/mol. The molecule has 0 radical (unpaired) electrons. The molecule has 0 atom stereocenters. The molecule has 3 aromatic rings. The van der Waals surface area contributed by atoms with Crippen LogP contribution in [0.25, 0.3) is 10.6 Å². The maximum Gasteiger partial charge on any atom is 0.358 e.